The Kier molecular flexibility index (Phi) is 4.70. The molecule has 1 aromatic carbocycles. The van der Waals surface area contributed by atoms with E-state index in [0.717, 1.165) is 44.8 Å². The molecule has 2 saturated carbocycles. The number of rotatable bonds is 5. The topological polar surface area (TPSA) is 30.5 Å². The Bertz CT molecular complexity index is 484. The fourth-order valence-electron chi connectivity index (χ4n) is 4.34. The summed E-state index contributed by atoms with van der Waals surface area (Å²) in [4.78, 5) is 0. The van der Waals surface area contributed by atoms with Crippen LogP contribution in [0.3, 0.4) is 0 Å². The Morgan fingerprint density at radius 3 is 2.30 bits per heavy atom. The number of benzene rings is 1. The van der Waals surface area contributed by atoms with E-state index in [2.05, 4.69) is 35.6 Å². The maximum absolute atomic E-state index is 5.86. The van der Waals surface area contributed by atoms with Gasteiger partial charge in [-0.1, -0.05) is 49.6 Å². The average Bonchev–Trinajstić information content (AvgIpc) is 3.01. The van der Waals surface area contributed by atoms with Gasteiger partial charge in [0.2, 0.25) is 0 Å². The molecule has 3 aliphatic rings. The number of hydrogen-bond donors (Lipinski definition) is 1. The number of ether oxygens (including phenoxy) is 2. The predicted octanol–water partition coefficient (Wildman–Crippen LogP) is 4.19. The van der Waals surface area contributed by atoms with Crippen molar-refractivity contribution in [2.24, 2.45) is 5.92 Å². The summed E-state index contributed by atoms with van der Waals surface area (Å²) in [7, 11) is 0. The van der Waals surface area contributed by atoms with E-state index >= 15 is 0 Å². The SMILES string of the molecule is c1ccc(C(CC2CCC2)NC2CCC3(CC2)OCCO3)cc1. The van der Waals surface area contributed by atoms with Gasteiger partial charge in [-0.05, 0) is 30.7 Å². The van der Waals surface area contributed by atoms with E-state index in [4.69, 9.17) is 9.47 Å². The third-order valence-electron chi connectivity index (χ3n) is 5.99. The fourth-order valence-corrected chi connectivity index (χ4v) is 4.34. The molecule has 2 aliphatic carbocycles. The Morgan fingerprint density at radius 2 is 1.70 bits per heavy atom. The number of hydrogen-bond acceptors (Lipinski definition) is 3. The van der Waals surface area contributed by atoms with Gasteiger partial charge in [0.1, 0.15) is 0 Å². The Labute approximate surface area is 139 Å². The molecule has 1 unspecified atom stereocenters. The van der Waals surface area contributed by atoms with Crippen LogP contribution >= 0.6 is 0 Å². The van der Waals surface area contributed by atoms with Crippen LogP contribution in [0.2, 0.25) is 0 Å². The fraction of sp³-hybridized carbons (Fsp3) is 0.700. The molecule has 0 aromatic heterocycles. The summed E-state index contributed by atoms with van der Waals surface area (Å²) in [6.07, 6.45) is 9.94. The second kappa shape index (κ2) is 6.92. The third kappa shape index (κ3) is 3.62. The van der Waals surface area contributed by atoms with Gasteiger partial charge in [-0.3, -0.25) is 0 Å². The zero-order chi connectivity index (χ0) is 15.5. The molecule has 1 spiro atoms. The van der Waals surface area contributed by atoms with Crippen molar-refractivity contribution < 1.29 is 9.47 Å². The van der Waals surface area contributed by atoms with Gasteiger partial charge in [0.15, 0.2) is 5.79 Å². The highest BCUT2D eigenvalue weighted by atomic mass is 16.7. The van der Waals surface area contributed by atoms with Crippen molar-refractivity contribution in [3.8, 4) is 0 Å². The lowest BCUT2D eigenvalue weighted by Gasteiger charge is -2.38. The first kappa shape index (κ1) is 15.6. The molecule has 0 radical (unpaired) electrons. The van der Waals surface area contributed by atoms with Gasteiger partial charge < -0.3 is 14.8 Å². The Morgan fingerprint density at radius 1 is 1.00 bits per heavy atom. The molecular formula is C20H29NO2. The summed E-state index contributed by atoms with van der Waals surface area (Å²) in [5, 5.41) is 3.97. The van der Waals surface area contributed by atoms with Gasteiger partial charge in [-0.25, -0.2) is 0 Å². The normalized spacial score (nSPS) is 26.3. The van der Waals surface area contributed by atoms with Crippen molar-refractivity contribution in [1.29, 1.82) is 0 Å². The van der Waals surface area contributed by atoms with Gasteiger partial charge in [-0.2, -0.15) is 0 Å². The summed E-state index contributed by atoms with van der Waals surface area (Å²) in [6.45, 7) is 1.54. The van der Waals surface area contributed by atoms with Crippen LogP contribution in [-0.4, -0.2) is 25.0 Å². The van der Waals surface area contributed by atoms with Crippen LogP contribution in [-0.2, 0) is 9.47 Å². The van der Waals surface area contributed by atoms with Crippen LogP contribution in [0.4, 0.5) is 0 Å². The molecule has 3 fully saturated rings. The van der Waals surface area contributed by atoms with Gasteiger partial charge in [0.05, 0.1) is 13.2 Å². The molecule has 0 bridgehead atoms. The van der Waals surface area contributed by atoms with Crippen molar-refractivity contribution in [1.82, 2.24) is 5.32 Å². The summed E-state index contributed by atoms with van der Waals surface area (Å²) in [6, 6.07) is 12.1. The van der Waals surface area contributed by atoms with E-state index in [0.29, 0.717) is 12.1 Å². The first-order valence-corrected chi connectivity index (χ1v) is 9.42. The molecule has 1 aliphatic heterocycles. The van der Waals surface area contributed by atoms with Crippen LogP contribution < -0.4 is 5.32 Å². The zero-order valence-corrected chi connectivity index (χ0v) is 14.0. The molecular weight excluding hydrogens is 286 g/mol. The van der Waals surface area contributed by atoms with Crippen LogP contribution in [0.15, 0.2) is 30.3 Å². The van der Waals surface area contributed by atoms with Gasteiger partial charge in [0.25, 0.3) is 0 Å². The monoisotopic (exact) mass is 315 g/mol. The first-order valence-electron chi connectivity index (χ1n) is 9.42. The maximum atomic E-state index is 5.86. The summed E-state index contributed by atoms with van der Waals surface area (Å²) >= 11 is 0. The molecule has 3 nitrogen and oxygen atoms in total. The minimum Gasteiger partial charge on any atom is -0.348 e. The first-order chi connectivity index (χ1) is 11.3. The summed E-state index contributed by atoms with van der Waals surface area (Å²) in [5.74, 6) is 0.679. The number of nitrogens with one attached hydrogen (secondary N) is 1. The summed E-state index contributed by atoms with van der Waals surface area (Å²) in [5.41, 5.74) is 1.45. The van der Waals surface area contributed by atoms with E-state index in [1.807, 2.05) is 0 Å². The summed E-state index contributed by atoms with van der Waals surface area (Å²) < 4.78 is 11.7. The Balaban J connectivity index is 1.37. The second-order valence-corrected chi connectivity index (χ2v) is 7.54. The zero-order valence-electron chi connectivity index (χ0n) is 14.0. The highest BCUT2D eigenvalue weighted by Crippen LogP contribution is 2.38. The van der Waals surface area contributed by atoms with Crippen molar-refractivity contribution in [2.45, 2.75) is 69.2 Å². The van der Waals surface area contributed by atoms with Gasteiger partial charge in [0, 0.05) is 24.9 Å². The Hall–Kier alpha value is -0.900. The van der Waals surface area contributed by atoms with E-state index in [1.54, 1.807) is 0 Å². The molecule has 3 heteroatoms. The smallest absolute Gasteiger partial charge is 0.168 e. The average molecular weight is 315 g/mol. The molecule has 1 aromatic rings. The van der Waals surface area contributed by atoms with Crippen LogP contribution in [0.5, 0.6) is 0 Å². The maximum Gasteiger partial charge on any atom is 0.168 e. The molecule has 23 heavy (non-hydrogen) atoms. The highest BCUT2D eigenvalue weighted by Gasteiger charge is 2.40. The van der Waals surface area contributed by atoms with Gasteiger partial charge >= 0.3 is 0 Å². The van der Waals surface area contributed by atoms with Crippen LogP contribution in [0.1, 0.15) is 63.0 Å². The molecule has 4 rings (SSSR count). The second-order valence-electron chi connectivity index (χ2n) is 7.54. The molecule has 126 valence electrons. The van der Waals surface area contributed by atoms with Crippen molar-refractivity contribution in [2.75, 3.05) is 13.2 Å². The van der Waals surface area contributed by atoms with Crippen molar-refractivity contribution in [3.63, 3.8) is 0 Å². The van der Waals surface area contributed by atoms with Crippen LogP contribution in [0, 0.1) is 5.92 Å². The quantitative estimate of drug-likeness (QED) is 0.883. The lowest BCUT2D eigenvalue weighted by Crippen LogP contribution is -2.43. The van der Waals surface area contributed by atoms with Crippen molar-refractivity contribution >= 4 is 0 Å². The van der Waals surface area contributed by atoms with E-state index < -0.39 is 0 Å². The van der Waals surface area contributed by atoms with Crippen molar-refractivity contribution in [3.05, 3.63) is 35.9 Å². The molecule has 1 atom stereocenters. The predicted molar refractivity (Wildman–Crippen MR) is 91.2 cm³/mol. The largest absolute Gasteiger partial charge is 0.348 e. The van der Waals surface area contributed by atoms with Gasteiger partial charge in [-0.15, -0.1) is 0 Å². The minimum absolute atomic E-state index is 0.242. The third-order valence-corrected chi connectivity index (χ3v) is 5.99. The van der Waals surface area contributed by atoms with Crippen LogP contribution in [0.25, 0.3) is 0 Å². The lowest BCUT2D eigenvalue weighted by atomic mass is 9.79. The molecule has 0 amide bonds. The van der Waals surface area contributed by atoms with E-state index in [9.17, 15) is 0 Å². The lowest BCUT2D eigenvalue weighted by molar-refractivity contribution is -0.179. The van der Waals surface area contributed by atoms with E-state index in [-0.39, 0.29) is 5.79 Å². The standard InChI is InChI=1S/C20H29NO2/c1-2-7-17(8-3-1)19(15-16-5-4-6-16)21-18-9-11-20(12-10-18)22-13-14-23-20/h1-3,7-8,16,18-19,21H,4-6,9-15H2. The van der Waals surface area contributed by atoms with E-state index in [1.165, 1.54) is 31.2 Å². The molecule has 1 N–H and O–H groups in total. The molecule has 1 heterocycles. The highest BCUT2D eigenvalue weighted by molar-refractivity contribution is 5.19. The minimum atomic E-state index is -0.242. The molecule has 1 saturated heterocycles.